The molecule has 2 heterocycles. The van der Waals surface area contributed by atoms with E-state index in [1.807, 2.05) is 19.1 Å². The van der Waals surface area contributed by atoms with Crippen LogP contribution in [0, 0.1) is 6.92 Å². The topological polar surface area (TPSA) is 78.5 Å². The molecule has 2 amide bonds. The molecule has 0 bridgehead atoms. The first kappa shape index (κ1) is 15.3. The third-order valence-electron chi connectivity index (χ3n) is 3.95. The van der Waals surface area contributed by atoms with E-state index in [2.05, 4.69) is 9.97 Å². The van der Waals surface area contributed by atoms with Gasteiger partial charge in [-0.05, 0) is 26.0 Å². The van der Waals surface area contributed by atoms with Crippen LogP contribution in [-0.2, 0) is 4.74 Å². The Labute approximate surface area is 134 Å². The predicted octanol–water partition coefficient (Wildman–Crippen LogP) is 1.79. The molecule has 1 aliphatic heterocycles. The molecule has 0 unspecified atom stereocenters. The number of aromatic nitrogens is 2. The fraction of sp³-hybridized carbons (Fsp3) is 0.438. The molecule has 7 nitrogen and oxygen atoms in total. The Bertz CT molecular complexity index is 732. The van der Waals surface area contributed by atoms with Crippen LogP contribution in [0.15, 0.2) is 18.2 Å². The number of rotatable bonds is 2. The standard InChI is InChI=1S/C16H20N4O3/c1-3-23-16(22)20-9-7-19(8-10-20)15(21)12-5-4-6-13-14(12)18-11(2)17-13/h4-6H,3,7-10H2,1-2H3,(H,17,18). The molecule has 0 saturated carbocycles. The summed E-state index contributed by atoms with van der Waals surface area (Å²) in [5.74, 6) is 0.734. The number of fused-ring (bicyclic) bond motifs is 1. The minimum Gasteiger partial charge on any atom is -0.450 e. The van der Waals surface area contributed by atoms with Gasteiger partial charge in [-0.15, -0.1) is 0 Å². The van der Waals surface area contributed by atoms with E-state index in [0.29, 0.717) is 43.9 Å². The van der Waals surface area contributed by atoms with Gasteiger partial charge in [0, 0.05) is 26.2 Å². The van der Waals surface area contributed by atoms with Crippen LogP contribution < -0.4 is 0 Å². The first-order valence-electron chi connectivity index (χ1n) is 7.76. The summed E-state index contributed by atoms with van der Waals surface area (Å²) < 4.78 is 4.99. The predicted molar refractivity (Wildman–Crippen MR) is 85.3 cm³/mol. The van der Waals surface area contributed by atoms with E-state index in [1.165, 1.54) is 0 Å². The van der Waals surface area contributed by atoms with Crippen LogP contribution in [0.25, 0.3) is 11.0 Å². The number of carbonyl (C=O) groups excluding carboxylic acids is 2. The van der Waals surface area contributed by atoms with E-state index < -0.39 is 0 Å². The number of H-pyrrole nitrogens is 1. The zero-order valence-electron chi connectivity index (χ0n) is 13.3. The molecule has 1 saturated heterocycles. The Balaban J connectivity index is 1.73. The fourth-order valence-corrected chi connectivity index (χ4v) is 2.81. The van der Waals surface area contributed by atoms with Crippen molar-refractivity contribution in [3.05, 3.63) is 29.6 Å². The Morgan fingerprint density at radius 2 is 1.91 bits per heavy atom. The van der Waals surface area contributed by atoms with Gasteiger partial charge in [-0.1, -0.05) is 6.07 Å². The van der Waals surface area contributed by atoms with Crippen molar-refractivity contribution < 1.29 is 14.3 Å². The number of aryl methyl sites for hydroxylation is 1. The van der Waals surface area contributed by atoms with Crippen LogP contribution >= 0.6 is 0 Å². The normalized spacial score (nSPS) is 15.0. The molecular weight excluding hydrogens is 296 g/mol. The molecule has 0 atom stereocenters. The monoisotopic (exact) mass is 316 g/mol. The lowest BCUT2D eigenvalue weighted by Crippen LogP contribution is -2.50. The van der Waals surface area contributed by atoms with E-state index in [4.69, 9.17) is 4.74 Å². The third-order valence-corrected chi connectivity index (χ3v) is 3.95. The highest BCUT2D eigenvalue weighted by molar-refractivity contribution is 6.05. The van der Waals surface area contributed by atoms with Gasteiger partial charge in [0.15, 0.2) is 0 Å². The highest BCUT2D eigenvalue weighted by atomic mass is 16.6. The minimum absolute atomic E-state index is 0.0504. The number of hydrogen-bond donors (Lipinski definition) is 1. The molecule has 1 fully saturated rings. The number of amides is 2. The van der Waals surface area contributed by atoms with Gasteiger partial charge in [0.2, 0.25) is 0 Å². The maximum absolute atomic E-state index is 12.8. The summed E-state index contributed by atoms with van der Waals surface area (Å²) in [7, 11) is 0. The summed E-state index contributed by atoms with van der Waals surface area (Å²) in [6, 6.07) is 5.55. The number of para-hydroxylation sites is 1. The molecule has 1 aliphatic rings. The van der Waals surface area contributed by atoms with E-state index >= 15 is 0 Å². The van der Waals surface area contributed by atoms with E-state index in [1.54, 1.807) is 22.8 Å². The second-order valence-electron chi connectivity index (χ2n) is 5.50. The summed E-state index contributed by atoms with van der Waals surface area (Å²) in [6.45, 7) is 5.98. The summed E-state index contributed by atoms with van der Waals surface area (Å²) in [5, 5.41) is 0. The third kappa shape index (κ3) is 2.99. The van der Waals surface area contributed by atoms with Gasteiger partial charge in [0.05, 0.1) is 17.7 Å². The maximum Gasteiger partial charge on any atom is 0.409 e. The molecule has 0 spiro atoms. The van der Waals surface area contributed by atoms with Gasteiger partial charge in [-0.2, -0.15) is 0 Å². The number of piperazine rings is 1. The number of nitrogens with one attached hydrogen (secondary N) is 1. The van der Waals surface area contributed by atoms with Gasteiger partial charge in [0.25, 0.3) is 5.91 Å². The molecule has 1 aromatic carbocycles. The maximum atomic E-state index is 12.8. The van der Waals surface area contributed by atoms with Crippen molar-refractivity contribution in [1.29, 1.82) is 0 Å². The molecule has 122 valence electrons. The van der Waals surface area contributed by atoms with Gasteiger partial charge in [0.1, 0.15) is 11.3 Å². The van der Waals surface area contributed by atoms with Crippen molar-refractivity contribution in [1.82, 2.24) is 19.8 Å². The average Bonchev–Trinajstić information content (AvgIpc) is 2.94. The fourth-order valence-electron chi connectivity index (χ4n) is 2.81. The van der Waals surface area contributed by atoms with Crippen LogP contribution in [0.5, 0.6) is 0 Å². The van der Waals surface area contributed by atoms with Crippen LogP contribution in [0.4, 0.5) is 4.79 Å². The van der Waals surface area contributed by atoms with Crippen LogP contribution in [-0.4, -0.2) is 64.6 Å². The first-order chi connectivity index (χ1) is 11.1. The average molecular weight is 316 g/mol. The SMILES string of the molecule is CCOC(=O)N1CCN(C(=O)c2cccc3[nH]c(C)nc23)CC1. The Hall–Kier alpha value is -2.57. The highest BCUT2D eigenvalue weighted by Crippen LogP contribution is 2.19. The highest BCUT2D eigenvalue weighted by Gasteiger charge is 2.26. The molecule has 0 radical (unpaired) electrons. The second kappa shape index (κ2) is 6.28. The van der Waals surface area contributed by atoms with Gasteiger partial charge in [-0.3, -0.25) is 4.79 Å². The lowest BCUT2D eigenvalue weighted by Gasteiger charge is -2.34. The summed E-state index contributed by atoms with van der Waals surface area (Å²) >= 11 is 0. The summed E-state index contributed by atoms with van der Waals surface area (Å²) in [4.78, 5) is 35.4. The van der Waals surface area contributed by atoms with Gasteiger partial charge < -0.3 is 19.5 Å². The number of aromatic amines is 1. The van der Waals surface area contributed by atoms with Crippen molar-refractivity contribution in [2.75, 3.05) is 32.8 Å². The summed E-state index contributed by atoms with van der Waals surface area (Å²) in [6.07, 6.45) is -0.315. The number of ether oxygens (including phenoxy) is 1. The Morgan fingerprint density at radius 3 is 2.61 bits per heavy atom. The lowest BCUT2D eigenvalue weighted by atomic mass is 10.1. The van der Waals surface area contributed by atoms with Gasteiger partial charge in [-0.25, -0.2) is 9.78 Å². The molecule has 0 aliphatic carbocycles. The molecule has 1 N–H and O–H groups in total. The lowest BCUT2D eigenvalue weighted by molar-refractivity contribution is 0.0572. The first-order valence-corrected chi connectivity index (χ1v) is 7.76. The molecular formula is C16H20N4O3. The summed E-state index contributed by atoms with van der Waals surface area (Å²) in [5.41, 5.74) is 2.15. The van der Waals surface area contributed by atoms with Crippen molar-refractivity contribution in [2.45, 2.75) is 13.8 Å². The van der Waals surface area contributed by atoms with Gasteiger partial charge >= 0.3 is 6.09 Å². The number of imidazole rings is 1. The smallest absolute Gasteiger partial charge is 0.409 e. The van der Waals surface area contributed by atoms with Crippen molar-refractivity contribution in [3.8, 4) is 0 Å². The van der Waals surface area contributed by atoms with Crippen molar-refractivity contribution in [3.63, 3.8) is 0 Å². The zero-order valence-corrected chi connectivity index (χ0v) is 13.3. The zero-order chi connectivity index (χ0) is 16.4. The van der Waals surface area contributed by atoms with Crippen LogP contribution in [0.1, 0.15) is 23.1 Å². The quantitative estimate of drug-likeness (QED) is 0.916. The molecule has 7 heteroatoms. The second-order valence-corrected chi connectivity index (χ2v) is 5.50. The Morgan fingerprint density at radius 1 is 1.22 bits per heavy atom. The molecule has 23 heavy (non-hydrogen) atoms. The van der Waals surface area contributed by atoms with Crippen LogP contribution in [0.2, 0.25) is 0 Å². The largest absolute Gasteiger partial charge is 0.450 e. The number of nitrogens with zero attached hydrogens (tertiary/aromatic N) is 3. The number of carbonyl (C=O) groups is 2. The molecule has 1 aromatic heterocycles. The number of benzene rings is 1. The van der Waals surface area contributed by atoms with E-state index in [-0.39, 0.29) is 12.0 Å². The van der Waals surface area contributed by atoms with E-state index in [9.17, 15) is 9.59 Å². The van der Waals surface area contributed by atoms with E-state index in [0.717, 1.165) is 11.3 Å². The van der Waals surface area contributed by atoms with Crippen molar-refractivity contribution >= 4 is 23.0 Å². The van der Waals surface area contributed by atoms with Crippen molar-refractivity contribution in [2.24, 2.45) is 0 Å². The Kier molecular flexibility index (Phi) is 4.18. The minimum atomic E-state index is -0.315. The van der Waals surface area contributed by atoms with Crippen LogP contribution in [0.3, 0.4) is 0 Å². The molecule has 3 rings (SSSR count). The molecule has 2 aromatic rings. The number of hydrogen-bond acceptors (Lipinski definition) is 4.